The number of amides is 1. The average molecular weight is 464 g/mol. The van der Waals surface area contributed by atoms with E-state index in [1.807, 2.05) is 25.1 Å². The summed E-state index contributed by atoms with van der Waals surface area (Å²) >= 11 is 0. The predicted octanol–water partition coefficient (Wildman–Crippen LogP) is 5.13. The lowest BCUT2D eigenvalue weighted by atomic mass is 9.96. The van der Waals surface area contributed by atoms with Gasteiger partial charge in [0, 0.05) is 25.3 Å². The Labute approximate surface area is 195 Å². The van der Waals surface area contributed by atoms with Crippen LogP contribution in [0.25, 0.3) is 0 Å². The van der Waals surface area contributed by atoms with Crippen LogP contribution in [-0.2, 0) is 25.5 Å². The average Bonchev–Trinajstić information content (AvgIpc) is 3.02. The minimum absolute atomic E-state index is 0.103. The Morgan fingerprint density at radius 3 is 2.55 bits per heavy atom. The number of nitrogens with zero attached hydrogens (tertiary/aromatic N) is 1. The van der Waals surface area contributed by atoms with Crippen molar-refractivity contribution in [3.05, 3.63) is 48.0 Å². The molecule has 1 aliphatic heterocycles. The second kappa shape index (κ2) is 13.2. The van der Waals surface area contributed by atoms with E-state index in [0.29, 0.717) is 25.7 Å². The second-order valence-corrected chi connectivity index (χ2v) is 8.76. The zero-order valence-corrected chi connectivity index (χ0v) is 19.6. The molecule has 2 atom stereocenters. The van der Waals surface area contributed by atoms with Crippen molar-refractivity contribution in [2.24, 2.45) is 5.92 Å². The van der Waals surface area contributed by atoms with Crippen molar-refractivity contribution in [3.8, 4) is 0 Å². The van der Waals surface area contributed by atoms with Crippen LogP contribution in [0.15, 0.2) is 42.5 Å². The first kappa shape index (κ1) is 26.7. The number of likely N-dealkylation sites (tertiary alicyclic amines) is 1. The van der Waals surface area contributed by atoms with E-state index in [-0.39, 0.29) is 24.2 Å². The van der Waals surface area contributed by atoms with Crippen molar-refractivity contribution in [3.63, 3.8) is 0 Å². The normalized spacial score (nSPS) is 18.6. The van der Waals surface area contributed by atoms with Gasteiger partial charge in [0.25, 0.3) is 5.91 Å². The van der Waals surface area contributed by atoms with E-state index in [4.69, 9.17) is 0 Å². The lowest BCUT2D eigenvalue weighted by Crippen LogP contribution is -2.36. The zero-order valence-electron chi connectivity index (χ0n) is 19.6. The molecule has 0 spiro atoms. The molecule has 33 heavy (non-hydrogen) atoms. The molecule has 7 heteroatoms. The van der Waals surface area contributed by atoms with E-state index >= 15 is 0 Å². The topological polar surface area (TPSA) is 63.7 Å². The fourth-order valence-electron chi connectivity index (χ4n) is 4.04. The summed E-state index contributed by atoms with van der Waals surface area (Å²) in [5.41, 5.74) is 1.22. The number of methoxy groups -OCH3 is 1. The lowest BCUT2D eigenvalue weighted by molar-refractivity contribution is -0.148. The van der Waals surface area contributed by atoms with Crippen molar-refractivity contribution in [2.75, 3.05) is 13.7 Å². The maximum Gasteiger partial charge on any atom is 0.327 e. The maximum atomic E-state index is 14.0. The third kappa shape index (κ3) is 8.71. The standard InChI is InChI=1S/C26H35F2NO4/c1-20(11-10-14-21-12-6-5-7-13-21)23(30)17-16-22-19-26(27,28)25(32)29(22)18-9-4-3-8-15-24(31)33-2/h5-7,12-13,16-17,20,22H,3-4,8-11,14-15,18-19H2,1-2H3. The highest BCUT2D eigenvalue weighted by Crippen LogP contribution is 2.34. The third-order valence-corrected chi connectivity index (χ3v) is 6.11. The highest BCUT2D eigenvalue weighted by Gasteiger charge is 2.52. The van der Waals surface area contributed by atoms with Crippen LogP contribution in [0.2, 0.25) is 0 Å². The summed E-state index contributed by atoms with van der Waals surface area (Å²) in [6.45, 7) is 2.06. The molecule has 0 radical (unpaired) electrons. The van der Waals surface area contributed by atoms with Crippen molar-refractivity contribution in [2.45, 2.75) is 76.7 Å². The fraction of sp³-hybridized carbons (Fsp3) is 0.577. The molecule has 0 aromatic heterocycles. The minimum Gasteiger partial charge on any atom is -0.469 e. The SMILES string of the molecule is COC(=O)CCCCCCN1C(=O)C(F)(F)CC1C=CC(=O)C(C)CCCc1ccccc1. The zero-order chi connectivity index (χ0) is 24.3. The van der Waals surface area contributed by atoms with Gasteiger partial charge in [0.15, 0.2) is 5.78 Å². The Bertz CT molecular complexity index is 810. The van der Waals surface area contributed by atoms with Crippen molar-refractivity contribution in [1.82, 2.24) is 4.90 Å². The van der Waals surface area contributed by atoms with Crippen LogP contribution in [-0.4, -0.2) is 48.2 Å². The number of ketones is 1. The molecular weight excluding hydrogens is 428 g/mol. The third-order valence-electron chi connectivity index (χ3n) is 6.11. The Hall–Kier alpha value is -2.57. The van der Waals surface area contributed by atoms with E-state index in [0.717, 1.165) is 25.7 Å². The summed E-state index contributed by atoms with van der Waals surface area (Å²) in [6, 6.07) is 9.27. The van der Waals surface area contributed by atoms with Gasteiger partial charge in [-0.25, -0.2) is 0 Å². The Morgan fingerprint density at radius 1 is 1.15 bits per heavy atom. The van der Waals surface area contributed by atoms with Crippen molar-refractivity contribution < 1.29 is 27.9 Å². The van der Waals surface area contributed by atoms with Gasteiger partial charge in [-0.1, -0.05) is 56.2 Å². The highest BCUT2D eigenvalue weighted by atomic mass is 19.3. The van der Waals surface area contributed by atoms with Gasteiger partial charge in [-0.15, -0.1) is 0 Å². The van der Waals surface area contributed by atoms with Crippen LogP contribution >= 0.6 is 0 Å². The van der Waals surface area contributed by atoms with Crippen LogP contribution in [0, 0.1) is 5.92 Å². The number of hydrogen-bond acceptors (Lipinski definition) is 4. The molecule has 0 bridgehead atoms. The summed E-state index contributed by atoms with van der Waals surface area (Å²) in [5.74, 6) is -5.15. The summed E-state index contributed by atoms with van der Waals surface area (Å²) in [7, 11) is 1.34. The van der Waals surface area contributed by atoms with E-state index in [9.17, 15) is 23.2 Å². The number of allylic oxidation sites excluding steroid dienone is 1. The molecule has 1 fully saturated rings. The van der Waals surface area contributed by atoms with Crippen LogP contribution in [0.4, 0.5) is 8.78 Å². The molecular formula is C26H35F2NO4. The number of aryl methyl sites for hydroxylation is 1. The molecule has 0 saturated carbocycles. The monoisotopic (exact) mass is 463 g/mol. The second-order valence-electron chi connectivity index (χ2n) is 8.76. The van der Waals surface area contributed by atoms with E-state index in [1.54, 1.807) is 0 Å². The van der Waals surface area contributed by atoms with Gasteiger partial charge >= 0.3 is 11.9 Å². The summed E-state index contributed by atoms with van der Waals surface area (Å²) in [6.07, 6.45) is 7.75. The molecule has 1 heterocycles. The molecule has 1 aromatic rings. The molecule has 1 aliphatic rings. The number of hydrogen-bond donors (Lipinski definition) is 0. The maximum absolute atomic E-state index is 14.0. The summed E-state index contributed by atoms with van der Waals surface area (Å²) in [4.78, 5) is 36.9. The molecule has 5 nitrogen and oxygen atoms in total. The number of ether oxygens (including phenoxy) is 1. The minimum atomic E-state index is -3.40. The van der Waals surface area contributed by atoms with Gasteiger partial charge < -0.3 is 9.64 Å². The van der Waals surface area contributed by atoms with Crippen LogP contribution in [0.1, 0.15) is 63.9 Å². The smallest absolute Gasteiger partial charge is 0.327 e. The van der Waals surface area contributed by atoms with Crippen LogP contribution in [0.3, 0.4) is 0 Å². The number of carbonyl (C=O) groups is 3. The van der Waals surface area contributed by atoms with Gasteiger partial charge in [-0.05, 0) is 43.7 Å². The van der Waals surface area contributed by atoms with E-state index < -0.39 is 24.3 Å². The Morgan fingerprint density at radius 2 is 1.85 bits per heavy atom. The largest absolute Gasteiger partial charge is 0.469 e. The van der Waals surface area contributed by atoms with Gasteiger partial charge in [0.1, 0.15) is 0 Å². The number of esters is 1. The number of alkyl halides is 2. The van der Waals surface area contributed by atoms with Gasteiger partial charge in [-0.2, -0.15) is 8.78 Å². The summed E-state index contributed by atoms with van der Waals surface area (Å²) < 4.78 is 32.7. The predicted molar refractivity (Wildman–Crippen MR) is 123 cm³/mol. The van der Waals surface area contributed by atoms with Crippen LogP contribution in [0.5, 0.6) is 0 Å². The Balaban J connectivity index is 1.80. The first-order valence-electron chi connectivity index (χ1n) is 11.8. The van der Waals surface area contributed by atoms with E-state index in [2.05, 4.69) is 16.9 Å². The molecule has 182 valence electrons. The molecule has 1 aromatic carbocycles. The molecule has 0 aliphatic carbocycles. The first-order chi connectivity index (χ1) is 15.7. The lowest BCUT2D eigenvalue weighted by Gasteiger charge is -2.21. The van der Waals surface area contributed by atoms with Crippen LogP contribution < -0.4 is 0 Å². The molecule has 1 amide bonds. The van der Waals surface area contributed by atoms with Crippen molar-refractivity contribution >= 4 is 17.7 Å². The quantitative estimate of drug-likeness (QED) is 0.218. The number of unbranched alkanes of at least 4 members (excludes halogenated alkanes) is 3. The Kier molecular flexibility index (Phi) is 10.7. The number of halogens is 2. The molecule has 0 N–H and O–H groups in total. The first-order valence-corrected chi connectivity index (χ1v) is 11.8. The highest BCUT2D eigenvalue weighted by molar-refractivity contribution is 5.92. The van der Waals surface area contributed by atoms with Gasteiger partial charge in [-0.3, -0.25) is 14.4 Å². The summed E-state index contributed by atoms with van der Waals surface area (Å²) in [5, 5.41) is 0. The number of benzene rings is 1. The fourth-order valence-corrected chi connectivity index (χ4v) is 4.04. The molecule has 2 rings (SSSR count). The van der Waals surface area contributed by atoms with Crippen molar-refractivity contribution in [1.29, 1.82) is 0 Å². The number of rotatable bonds is 14. The van der Waals surface area contributed by atoms with E-state index in [1.165, 1.54) is 29.7 Å². The number of carbonyl (C=O) groups excluding carboxylic acids is 3. The van der Waals surface area contributed by atoms with Gasteiger partial charge in [0.2, 0.25) is 0 Å². The molecule has 2 unspecified atom stereocenters. The van der Waals surface area contributed by atoms with Gasteiger partial charge in [0.05, 0.1) is 13.2 Å². The molecule has 1 saturated heterocycles.